The summed E-state index contributed by atoms with van der Waals surface area (Å²) in [5, 5.41) is 0.719. The number of ether oxygens (including phenoxy) is 1. The first kappa shape index (κ1) is 20.9. The summed E-state index contributed by atoms with van der Waals surface area (Å²) in [6.07, 6.45) is 8.28. The van der Waals surface area contributed by atoms with E-state index in [2.05, 4.69) is 20.8 Å². The number of sulfonamides is 1. The molecule has 2 N–H and O–H groups in total. The highest BCUT2D eigenvalue weighted by Gasteiger charge is 2.44. The monoisotopic (exact) mass is 446 g/mol. The fourth-order valence-electron chi connectivity index (χ4n) is 5.23. The molecular weight excluding hydrogens is 416 g/mol. The van der Waals surface area contributed by atoms with Gasteiger partial charge in [0.2, 0.25) is 15.9 Å². The van der Waals surface area contributed by atoms with Crippen LogP contribution >= 0.6 is 0 Å². The number of pyridine rings is 1. The second-order valence-corrected chi connectivity index (χ2v) is 11.1. The van der Waals surface area contributed by atoms with Crippen molar-refractivity contribution in [1.29, 1.82) is 0 Å². The van der Waals surface area contributed by atoms with Crippen molar-refractivity contribution in [3.63, 3.8) is 0 Å². The number of carbonyl (C=O) groups is 1. The Kier molecular flexibility index (Phi) is 5.75. The molecule has 168 valence electrons. The Bertz CT molecular complexity index is 1030. The summed E-state index contributed by atoms with van der Waals surface area (Å²) in [6.45, 7) is 2.36. The van der Waals surface area contributed by atoms with Gasteiger partial charge in [-0.15, -0.1) is 0 Å². The summed E-state index contributed by atoms with van der Waals surface area (Å²) in [5.41, 5.74) is 2.19. The molecule has 2 saturated carbocycles. The van der Waals surface area contributed by atoms with E-state index < -0.39 is 15.3 Å². The van der Waals surface area contributed by atoms with Crippen LogP contribution < -0.4 is 4.72 Å². The van der Waals surface area contributed by atoms with Crippen LogP contribution in [0.4, 0.5) is 0 Å². The van der Waals surface area contributed by atoms with Crippen molar-refractivity contribution in [3.05, 3.63) is 30.1 Å². The molecule has 2 aromatic rings. The van der Waals surface area contributed by atoms with Crippen molar-refractivity contribution < 1.29 is 17.9 Å². The van der Waals surface area contributed by atoms with Crippen LogP contribution in [-0.4, -0.2) is 66.8 Å². The van der Waals surface area contributed by atoms with Crippen molar-refractivity contribution in [2.75, 3.05) is 26.3 Å². The van der Waals surface area contributed by atoms with Crippen molar-refractivity contribution in [2.45, 2.75) is 55.7 Å². The van der Waals surface area contributed by atoms with E-state index in [0.29, 0.717) is 45.1 Å². The largest absolute Gasteiger partial charge is 0.378 e. The molecule has 2 aliphatic carbocycles. The van der Waals surface area contributed by atoms with Gasteiger partial charge in [-0.2, -0.15) is 0 Å². The smallest absolute Gasteiger partial charge is 0.225 e. The maximum absolute atomic E-state index is 12.8. The molecule has 9 heteroatoms. The lowest BCUT2D eigenvalue weighted by molar-refractivity contribution is -0.142. The molecule has 0 aromatic carbocycles. The Morgan fingerprint density at radius 2 is 1.90 bits per heavy atom. The fourth-order valence-corrected chi connectivity index (χ4v) is 7.09. The van der Waals surface area contributed by atoms with Gasteiger partial charge in [0.25, 0.3) is 0 Å². The molecule has 0 radical (unpaired) electrons. The van der Waals surface area contributed by atoms with Crippen LogP contribution in [0.3, 0.4) is 0 Å². The molecular formula is C22H30N4O4S. The first-order valence-corrected chi connectivity index (χ1v) is 12.9. The maximum atomic E-state index is 12.8. The van der Waals surface area contributed by atoms with Crippen LogP contribution in [0.5, 0.6) is 0 Å². The Hall–Kier alpha value is -1.97. The predicted octanol–water partition coefficient (Wildman–Crippen LogP) is 2.15. The minimum atomic E-state index is -3.39. The Morgan fingerprint density at radius 3 is 2.65 bits per heavy atom. The summed E-state index contributed by atoms with van der Waals surface area (Å²) < 4.78 is 33.9. The number of hydrogen-bond acceptors (Lipinski definition) is 5. The van der Waals surface area contributed by atoms with E-state index in [-0.39, 0.29) is 17.9 Å². The van der Waals surface area contributed by atoms with Crippen molar-refractivity contribution >= 4 is 27.0 Å². The van der Waals surface area contributed by atoms with Gasteiger partial charge in [-0.1, -0.05) is 0 Å². The van der Waals surface area contributed by atoms with Gasteiger partial charge in [-0.25, -0.2) is 18.1 Å². The number of amides is 1. The summed E-state index contributed by atoms with van der Waals surface area (Å²) in [5.74, 6) is 0.354. The molecule has 1 amide bonds. The quantitative estimate of drug-likeness (QED) is 0.732. The lowest BCUT2D eigenvalue weighted by atomic mass is 9.82. The van der Waals surface area contributed by atoms with E-state index in [1.54, 1.807) is 6.20 Å². The van der Waals surface area contributed by atoms with Crippen LogP contribution in [0.25, 0.3) is 11.0 Å². The molecule has 3 aliphatic rings. The molecule has 2 aromatic heterocycles. The third-order valence-corrected chi connectivity index (χ3v) is 9.11. The van der Waals surface area contributed by atoms with E-state index in [1.165, 1.54) is 5.56 Å². The van der Waals surface area contributed by atoms with Crippen LogP contribution in [0.1, 0.15) is 50.0 Å². The number of carbonyl (C=O) groups excluding carboxylic acids is 1. The summed E-state index contributed by atoms with van der Waals surface area (Å²) in [7, 11) is -3.39. The normalized spacial score (nSPS) is 29.6. The fraction of sp³-hybridized carbons (Fsp3) is 0.636. The molecule has 0 bridgehead atoms. The average molecular weight is 447 g/mol. The molecule has 31 heavy (non-hydrogen) atoms. The van der Waals surface area contributed by atoms with E-state index in [1.807, 2.05) is 17.2 Å². The average Bonchev–Trinajstić information content (AvgIpc) is 3.17. The third kappa shape index (κ3) is 4.23. The van der Waals surface area contributed by atoms with Crippen LogP contribution in [0, 0.1) is 5.92 Å². The first-order valence-electron chi connectivity index (χ1n) is 11.3. The first-order chi connectivity index (χ1) is 15.0. The van der Waals surface area contributed by atoms with Crippen LogP contribution in [0.15, 0.2) is 24.5 Å². The minimum absolute atomic E-state index is 0.0152. The number of hydrogen-bond donors (Lipinski definition) is 2. The molecule has 1 saturated heterocycles. The molecule has 3 heterocycles. The summed E-state index contributed by atoms with van der Waals surface area (Å²) >= 11 is 0. The summed E-state index contributed by atoms with van der Waals surface area (Å²) in [6, 6.07) is 4.03. The lowest BCUT2D eigenvalue weighted by Gasteiger charge is -2.39. The van der Waals surface area contributed by atoms with Crippen molar-refractivity contribution in [2.24, 2.45) is 5.92 Å². The molecule has 0 atom stereocenters. The molecule has 3 fully saturated rings. The highest BCUT2D eigenvalue weighted by atomic mass is 32.2. The SMILES string of the molecule is O=C(C1CC(S(=O)(=O)NC2CCC(c3c[nH]c4ncccc34)CC2)C1)N1CCOCC1. The Balaban J connectivity index is 1.12. The molecule has 1 aliphatic heterocycles. The predicted molar refractivity (Wildman–Crippen MR) is 117 cm³/mol. The topological polar surface area (TPSA) is 104 Å². The van der Waals surface area contributed by atoms with E-state index >= 15 is 0 Å². The number of morpholine rings is 1. The molecule has 8 nitrogen and oxygen atoms in total. The lowest BCUT2D eigenvalue weighted by Crippen LogP contribution is -2.52. The van der Waals surface area contributed by atoms with Gasteiger partial charge >= 0.3 is 0 Å². The van der Waals surface area contributed by atoms with Crippen molar-refractivity contribution in [3.8, 4) is 0 Å². The number of nitrogens with zero attached hydrogens (tertiary/aromatic N) is 2. The number of aromatic amines is 1. The van der Waals surface area contributed by atoms with Gasteiger partial charge in [0.05, 0.1) is 18.5 Å². The minimum Gasteiger partial charge on any atom is -0.378 e. The Morgan fingerprint density at radius 1 is 1.16 bits per heavy atom. The number of H-pyrrole nitrogens is 1. The van der Waals surface area contributed by atoms with Crippen LogP contribution in [-0.2, 0) is 19.6 Å². The third-order valence-electron chi connectivity index (χ3n) is 7.19. The van der Waals surface area contributed by atoms with Crippen LogP contribution in [0.2, 0.25) is 0 Å². The zero-order valence-corrected chi connectivity index (χ0v) is 18.4. The van der Waals surface area contributed by atoms with Gasteiger partial charge in [-0.3, -0.25) is 4.79 Å². The number of rotatable bonds is 5. The number of fused-ring (bicyclic) bond motifs is 1. The zero-order valence-electron chi connectivity index (χ0n) is 17.6. The number of aromatic nitrogens is 2. The number of nitrogens with one attached hydrogen (secondary N) is 2. The van der Waals surface area contributed by atoms with Gasteiger partial charge in [0.1, 0.15) is 5.65 Å². The van der Waals surface area contributed by atoms with E-state index in [4.69, 9.17) is 4.74 Å². The maximum Gasteiger partial charge on any atom is 0.225 e. The van der Waals surface area contributed by atoms with Gasteiger partial charge < -0.3 is 14.6 Å². The van der Waals surface area contributed by atoms with E-state index in [0.717, 1.165) is 36.7 Å². The standard InChI is InChI=1S/C22H30N4O4S/c27-22(26-8-10-30-11-9-26)16-12-18(13-16)31(28,29)25-17-5-3-15(4-6-17)20-14-24-21-19(20)2-1-7-23-21/h1-2,7,14-18,25H,3-6,8-13H2,(H,23,24). The molecule has 0 unspecified atom stereocenters. The second-order valence-electron chi connectivity index (χ2n) is 9.08. The van der Waals surface area contributed by atoms with E-state index in [9.17, 15) is 13.2 Å². The summed E-state index contributed by atoms with van der Waals surface area (Å²) in [4.78, 5) is 21.9. The molecule has 5 rings (SSSR count). The van der Waals surface area contributed by atoms with Gasteiger partial charge in [0, 0.05) is 42.8 Å². The van der Waals surface area contributed by atoms with Crippen molar-refractivity contribution in [1.82, 2.24) is 19.6 Å². The Labute approximate surface area is 182 Å². The highest BCUT2D eigenvalue weighted by Crippen LogP contribution is 2.38. The van der Waals surface area contributed by atoms with Gasteiger partial charge in [0.15, 0.2) is 0 Å². The van der Waals surface area contributed by atoms with Gasteiger partial charge in [-0.05, 0) is 62.1 Å². The second kappa shape index (κ2) is 8.52. The highest BCUT2D eigenvalue weighted by molar-refractivity contribution is 7.90. The zero-order chi connectivity index (χ0) is 21.4. The molecule has 0 spiro atoms.